The number of nitrogens with one attached hydrogen (secondary N) is 2. The van der Waals surface area contributed by atoms with Crippen molar-refractivity contribution < 1.29 is 14.3 Å². The van der Waals surface area contributed by atoms with Crippen LogP contribution in [0.25, 0.3) is 0 Å². The molecule has 29 heavy (non-hydrogen) atoms. The summed E-state index contributed by atoms with van der Waals surface area (Å²) >= 11 is 1.40. The van der Waals surface area contributed by atoms with Crippen LogP contribution in [-0.4, -0.2) is 24.0 Å². The largest absolute Gasteiger partial charge is 0.452 e. The third-order valence-electron chi connectivity index (χ3n) is 4.80. The number of anilines is 1. The molecular weight excluding hydrogens is 386 g/mol. The van der Waals surface area contributed by atoms with E-state index in [1.807, 2.05) is 13.0 Å². The van der Waals surface area contributed by atoms with Gasteiger partial charge in [-0.2, -0.15) is 5.26 Å². The van der Waals surface area contributed by atoms with E-state index in [2.05, 4.69) is 44.4 Å². The maximum absolute atomic E-state index is 12.4. The van der Waals surface area contributed by atoms with Crippen LogP contribution in [0.3, 0.4) is 0 Å². The van der Waals surface area contributed by atoms with E-state index in [0.717, 1.165) is 16.0 Å². The summed E-state index contributed by atoms with van der Waals surface area (Å²) in [6, 6.07) is 9.23. The second-order valence-corrected chi connectivity index (χ2v) is 9.55. The molecule has 0 saturated carbocycles. The van der Waals surface area contributed by atoms with E-state index >= 15 is 0 Å². The lowest BCUT2D eigenvalue weighted by atomic mass is 9.81. The summed E-state index contributed by atoms with van der Waals surface area (Å²) in [6.07, 6.45) is 0.698. The van der Waals surface area contributed by atoms with E-state index in [0.29, 0.717) is 22.5 Å². The Morgan fingerprint density at radius 1 is 1.31 bits per heavy atom. The zero-order valence-electron chi connectivity index (χ0n) is 17.3. The number of aryl methyl sites for hydroxylation is 1. The van der Waals surface area contributed by atoms with Gasteiger partial charge in [0.15, 0.2) is 6.61 Å². The Bertz CT molecular complexity index is 1010. The van der Waals surface area contributed by atoms with Gasteiger partial charge in [0.25, 0.3) is 5.91 Å². The molecule has 0 bridgehead atoms. The topological polar surface area (TPSA) is 91.2 Å². The van der Waals surface area contributed by atoms with Crippen LogP contribution >= 0.6 is 11.3 Å². The maximum Gasteiger partial charge on any atom is 0.338 e. The van der Waals surface area contributed by atoms with Crippen molar-refractivity contribution in [2.45, 2.75) is 52.1 Å². The highest BCUT2D eigenvalue weighted by Crippen LogP contribution is 2.44. The first-order chi connectivity index (χ1) is 13.5. The van der Waals surface area contributed by atoms with Gasteiger partial charge in [0.2, 0.25) is 0 Å². The van der Waals surface area contributed by atoms with Crippen molar-refractivity contribution in [2.75, 3.05) is 11.9 Å². The Balaban J connectivity index is 1.74. The van der Waals surface area contributed by atoms with E-state index in [4.69, 9.17) is 4.74 Å². The normalized spacial score (nSPS) is 16.4. The zero-order valence-corrected chi connectivity index (χ0v) is 18.1. The fourth-order valence-corrected chi connectivity index (χ4v) is 5.13. The molecule has 0 unspecified atom stereocenters. The van der Waals surface area contributed by atoms with Crippen LogP contribution in [0.5, 0.6) is 0 Å². The molecule has 0 spiro atoms. The van der Waals surface area contributed by atoms with Crippen molar-refractivity contribution >= 4 is 28.2 Å². The van der Waals surface area contributed by atoms with Crippen LogP contribution in [0, 0.1) is 18.3 Å². The predicted octanol–water partition coefficient (Wildman–Crippen LogP) is 3.88. The third kappa shape index (κ3) is 4.50. The molecule has 1 aromatic heterocycles. The number of rotatable bonds is 4. The Morgan fingerprint density at radius 2 is 2.03 bits per heavy atom. The summed E-state index contributed by atoms with van der Waals surface area (Å²) in [4.78, 5) is 25.6. The number of carbonyl (C=O) groups is 2. The number of benzene rings is 1. The molecule has 2 N–H and O–H groups in total. The number of nitrogens with zero attached hydrogens (tertiary/aromatic N) is 1. The smallest absolute Gasteiger partial charge is 0.338 e. The molecular formula is C22H25N3O3S. The number of hydrogen-bond acceptors (Lipinski definition) is 6. The molecule has 1 aliphatic rings. The van der Waals surface area contributed by atoms with Gasteiger partial charge in [-0.25, -0.2) is 4.79 Å². The lowest BCUT2D eigenvalue weighted by Gasteiger charge is -2.42. The van der Waals surface area contributed by atoms with Crippen molar-refractivity contribution in [2.24, 2.45) is 0 Å². The van der Waals surface area contributed by atoms with Gasteiger partial charge in [0, 0.05) is 16.0 Å². The fourth-order valence-electron chi connectivity index (χ4n) is 3.88. The van der Waals surface area contributed by atoms with E-state index in [9.17, 15) is 14.9 Å². The van der Waals surface area contributed by atoms with Gasteiger partial charge in [-0.1, -0.05) is 17.7 Å². The van der Waals surface area contributed by atoms with Gasteiger partial charge >= 0.3 is 5.97 Å². The van der Waals surface area contributed by atoms with Crippen molar-refractivity contribution in [1.82, 2.24) is 5.32 Å². The van der Waals surface area contributed by atoms with Gasteiger partial charge < -0.3 is 15.4 Å². The number of esters is 1. The van der Waals surface area contributed by atoms with Crippen molar-refractivity contribution in [3.05, 3.63) is 51.4 Å². The van der Waals surface area contributed by atoms with Gasteiger partial charge in [0.05, 0.1) is 11.1 Å². The molecule has 0 radical (unpaired) electrons. The summed E-state index contributed by atoms with van der Waals surface area (Å²) in [5.41, 5.74) is 2.33. The molecule has 0 atom stereocenters. The van der Waals surface area contributed by atoms with Crippen LogP contribution in [0.15, 0.2) is 24.3 Å². The van der Waals surface area contributed by atoms with Crippen LogP contribution in [0.2, 0.25) is 0 Å². The summed E-state index contributed by atoms with van der Waals surface area (Å²) in [5, 5.41) is 16.6. The molecule has 7 heteroatoms. The number of amides is 1. The van der Waals surface area contributed by atoms with E-state index in [1.165, 1.54) is 11.3 Å². The Morgan fingerprint density at radius 3 is 2.69 bits per heavy atom. The Labute approximate surface area is 174 Å². The quantitative estimate of drug-likeness (QED) is 0.745. The monoisotopic (exact) mass is 411 g/mol. The minimum atomic E-state index is -0.554. The predicted molar refractivity (Wildman–Crippen MR) is 113 cm³/mol. The molecule has 152 valence electrons. The fraction of sp³-hybridized carbons (Fsp3) is 0.409. The van der Waals surface area contributed by atoms with Crippen molar-refractivity contribution in [3.8, 4) is 6.07 Å². The summed E-state index contributed by atoms with van der Waals surface area (Å²) in [7, 11) is 0. The van der Waals surface area contributed by atoms with Crippen LogP contribution in [0.4, 0.5) is 5.00 Å². The third-order valence-corrected chi connectivity index (χ3v) is 6.27. The lowest BCUT2D eigenvalue weighted by molar-refractivity contribution is -0.119. The second kappa shape index (κ2) is 7.62. The van der Waals surface area contributed by atoms with Gasteiger partial charge in [-0.15, -0.1) is 11.3 Å². The van der Waals surface area contributed by atoms with Crippen LogP contribution in [-0.2, 0) is 21.5 Å². The minimum absolute atomic E-state index is 0.159. The highest BCUT2D eigenvalue weighted by atomic mass is 32.1. The molecule has 2 heterocycles. The molecule has 0 fully saturated rings. The molecule has 0 saturated heterocycles. The van der Waals surface area contributed by atoms with Crippen molar-refractivity contribution in [1.29, 1.82) is 5.26 Å². The second-order valence-electron chi connectivity index (χ2n) is 8.53. The highest BCUT2D eigenvalue weighted by molar-refractivity contribution is 7.17. The van der Waals surface area contributed by atoms with Crippen molar-refractivity contribution in [3.63, 3.8) is 0 Å². The molecule has 1 aliphatic heterocycles. The van der Waals surface area contributed by atoms with E-state index in [1.54, 1.807) is 18.2 Å². The zero-order chi connectivity index (χ0) is 21.4. The minimum Gasteiger partial charge on any atom is -0.452 e. The average molecular weight is 412 g/mol. The van der Waals surface area contributed by atoms with Gasteiger partial charge in [-0.05, 0) is 58.7 Å². The lowest BCUT2D eigenvalue weighted by Crippen LogP contribution is -2.54. The SMILES string of the molecule is Cc1cccc(C(=O)OCC(=O)Nc2sc3c(c2C#N)CC(C)(C)NC3(C)C)c1. The molecule has 0 aliphatic carbocycles. The Hall–Kier alpha value is -2.69. The summed E-state index contributed by atoms with van der Waals surface area (Å²) in [6.45, 7) is 9.80. The summed E-state index contributed by atoms with van der Waals surface area (Å²) in [5.74, 6) is -1.02. The van der Waals surface area contributed by atoms with Crippen LogP contribution in [0.1, 0.15) is 59.6 Å². The molecule has 1 aromatic carbocycles. The maximum atomic E-state index is 12.4. The summed E-state index contributed by atoms with van der Waals surface area (Å²) < 4.78 is 5.13. The number of carbonyl (C=O) groups excluding carboxylic acids is 2. The first-order valence-electron chi connectivity index (χ1n) is 9.41. The number of ether oxygens (including phenoxy) is 1. The number of thiophene rings is 1. The van der Waals surface area contributed by atoms with Crippen LogP contribution < -0.4 is 10.6 Å². The number of fused-ring (bicyclic) bond motifs is 1. The highest BCUT2D eigenvalue weighted by Gasteiger charge is 2.40. The molecule has 1 amide bonds. The first kappa shape index (κ1) is 21.0. The standard InChI is InChI=1S/C22H25N3O3S/c1-13-7-6-8-14(9-13)20(27)28-12-17(26)24-19-16(11-23)15-10-21(2,3)25-22(4,5)18(15)29-19/h6-9,25H,10,12H2,1-5H3,(H,24,26). The van der Waals surface area contributed by atoms with Gasteiger partial charge in [0.1, 0.15) is 11.1 Å². The first-order valence-corrected chi connectivity index (χ1v) is 10.2. The average Bonchev–Trinajstić information content (AvgIpc) is 2.95. The van der Waals surface area contributed by atoms with E-state index in [-0.39, 0.29) is 11.1 Å². The van der Waals surface area contributed by atoms with Gasteiger partial charge in [-0.3, -0.25) is 4.79 Å². The Kier molecular flexibility index (Phi) is 5.52. The molecule has 2 aromatic rings. The number of nitriles is 1. The number of hydrogen-bond donors (Lipinski definition) is 2. The molecule has 3 rings (SSSR count). The molecule has 6 nitrogen and oxygen atoms in total. The van der Waals surface area contributed by atoms with E-state index < -0.39 is 18.5 Å².